The number of carbonyl (C=O) groups is 1. The molecule has 1 aromatic heterocycles. The second-order valence-corrected chi connectivity index (χ2v) is 6.00. The second kappa shape index (κ2) is 11.8. The SMILES string of the molecule is CC.CCOC(=O)c1c(-c2ccc(/C=C/C=C\SC)cc2)c(C#N)cn1C. The maximum absolute atomic E-state index is 12.3. The van der Waals surface area contributed by atoms with Gasteiger partial charge in [0.25, 0.3) is 0 Å². The Kier molecular flexibility index (Phi) is 9.78. The van der Waals surface area contributed by atoms with Gasteiger partial charge >= 0.3 is 5.97 Å². The quantitative estimate of drug-likeness (QED) is 0.478. The summed E-state index contributed by atoms with van der Waals surface area (Å²) in [7, 11) is 1.74. The molecule has 142 valence electrons. The van der Waals surface area contributed by atoms with Crippen molar-refractivity contribution in [2.75, 3.05) is 12.9 Å². The summed E-state index contributed by atoms with van der Waals surface area (Å²) in [6.45, 7) is 6.05. The highest BCUT2D eigenvalue weighted by atomic mass is 32.2. The Hall–Kier alpha value is -2.71. The molecule has 0 aliphatic rings. The van der Waals surface area contributed by atoms with Gasteiger partial charge in [0.1, 0.15) is 11.8 Å². The number of nitrogens with zero attached hydrogens (tertiary/aromatic N) is 2. The zero-order valence-electron chi connectivity index (χ0n) is 16.5. The summed E-state index contributed by atoms with van der Waals surface area (Å²) in [6, 6.07) is 9.91. The first-order valence-corrected chi connectivity index (χ1v) is 10.1. The molecule has 0 aliphatic carbocycles. The van der Waals surface area contributed by atoms with Crippen LogP contribution in [0.2, 0.25) is 0 Å². The summed E-state index contributed by atoms with van der Waals surface area (Å²) >= 11 is 1.64. The van der Waals surface area contributed by atoms with Crippen molar-refractivity contribution in [1.29, 1.82) is 5.26 Å². The lowest BCUT2D eigenvalue weighted by molar-refractivity contribution is 0.0516. The number of esters is 1. The van der Waals surface area contributed by atoms with Crippen molar-refractivity contribution in [3.63, 3.8) is 0 Å². The Bertz CT molecular complexity index is 840. The zero-order chi connectivity index (χ0) is 20.2. The van der Waals surface area contributed by atoms with Crippen molar-refractivity contribution in [2.45, 2.75) is 20.8 Å². The van der Waals surface area contributed by atoms with Gasteiger partial charge in [-0.2, -0.15) is 5.26 Å². The van der Waals surface area contributed by atoms with Gasteiger partial charge in [-0.1, -0.05) is 56.3 Å². The Morgan fingerprint density at radius 2 is 1.93 bits per heavy atom. The minimum absolute atomic E-state index is 0.290. The van der Waals surface area contributed by atoms with Gasteiger partial charge < -0.3 is 9.30 Å². The first-order valence-electron chi connectivity index (χ1n) is 8.85. The summed E-state index contributed by atoms with van der Waals surface area (Å²) in [5.74, 6) is -0.423. The van der Waals surface area contributed by atoms with E-state index in [2.05, 4.69) is 6.07 Å². The van der Waals surface area contributed by atoms with Crippen LogP contribution < -0.4 is 0 Å². The summed E-state index contributed by atoms with van der Waals surface area (Å²) in [4.78, 5) is 12.3. The zero-order valence-corrected chi connectivity index (χ0v) is 17.3. The molecular weight excluding hydrogens is 356 g/mol. The lowest BCUT2D eigenvalue weighted by Gasteiger charge is -2.08. The van der Waals surface area contributed by atoms with Crippen LogP contribution in [0.15, 0.2) is 48.0 Å². The fraction of sp³-hybridized carbons (Fsp3) is 0.273. The summed E-state index contributed by atoms with van der Waals surface area (Å²) in [5.41, 5.74) is 3.32. The van der Waals surface area contributed by atoms with E-state index >= 15 is 0 Å². The highest BCUT2D eigenvalue weighted by Crippen LogP contribution is 2.30. The van der Waals surface area contributed by atoms with E-state index in [1.165, 1.54) is 0 Å². The molecule has 1 heterocycles. The van der Waals surface area contributed by atoms with Crippen LogP contribution in [0, 0.1) is 11.3 Å². The Labute approximate surface area is 166 Å². The fourth-order valence-electron chi connectivity index (χ4n) is 2.50. The van der Waals surface area contributed by atoms with E-state index in [1.54, 1.807) is 36.5 Å². The molecule has 0 fully saturated rings. The Morgan fingerprint density at radius 3 is 2.48 bits per heavy atom. The van der Waals surface area contributed by atoms with Gasteiger partial charge in [-0.3, -0.25) is 0 Å². The Morgan fingerprint density at radius 1 is 1.26 bits per heavy atom. The summed E-state index contributed by atoms with van der Waals surface area (Å²) in [5, 5.41) is 11.4. The highest BCUT2D eigenvalue weighted by Gasteiger charge is 2.22. The molecule has 0 radical (unpaired) electrons. The van der Waals surface area contributed by atoms with Gasteiger partial charge in [-0.15, -0.1) is 11.8 Å². The van der Waals surface area contributed by atoms with E-state index in [1.807, 2.05) is 68.0 Å². The largest absolute Gasteiger partial charge is 0.461 e. The topological polar surface area (TPSA) is 55.0 Å². The molecule has 0 saturated heterocycles. The average molecular weight is 383 g/mol. The average Bonchev–Trinajstić information content (AvgIpc) is 3.04. The van der Waals surface area contributed by atoms with Crippen LogP contribution in [0.4, 0.5) is 0 Å². The minimum Gasteiger partial charge on any atom is -0.461 e. The molecule has 5 heteroatoms. The third-order valence-electron chi connectivity index (χ3n) is 3.58. The molecule has 1 aromatic carbocycles. The third-order valence-corrected chi connectivity index (χ3v) is 4.01. The van der Waals surface area contributed by atoms with Crippen molar-refractivity contribution in [3.05, 3.63) is 64.8 Å². The number of hydrogen-bond acceptors (Lipinski definition) is 4. The van der Waals surface area contributed by atoms with Crippen molar-refractivity contribution in [3.8, 4) is 17.2 Å². The number of benzene rings is 1. The van der Waals surface area contributed by atoms with Gasteiger partial charge in [0.05, 0.1) is 12.2 Å². The first-order chi connectivity index (χ1) is 13.1. The molecule has 2 aromatic rings. The maximum Gasteiger partial charge on any atom is 0.355 e. The molecule has 0 amide bonds. The normalized spacial score (nSPS) is 10.5. The standard InChI is InChI=1S/C20H20N2O2S.C2H6/c1-4-24-20(23)19-18(17(13-21)14-22(19)2)16-10-8-15(9-11-16)7-5-6-12-25-3;1-2/h5-12,14H,4H2,1-3H3;1-2H3/b7-5+,12-6-;. The van der Waals surface area contributed by atoms with Crippen LogP contribution in [-0.4, -0.2) is 23.4 Å². The first kappa shape index (κ1) is 22.3. The monoisotopic (exact) mass is 382 g/mol. The van der Waals surface area contributed by atoms with E-state index in [9.17, 15) is 10.1 Å². The highest BCUT2D eigenvalue weighted by molar-refractivity contribution is 8.01. The number of carbonyl (C=O) groups excluding carboxylic acids is 1. The van der Waals surface area contributed by atoms with Crippen LogP contribution in [0.1, 0.15) is 42.4 Å². The lowest BCUT2D eigenvalue weighted by Crippen LogP contribution is -2.10. The van der Waals surface area contributed by atoms with E-state index in [0.717, 1.165) is 11.1 Å². The molecule has 0 unspecified atom stereocenters. The molecule has 27 heavy (non-hydrogen) atoms. The van der Waals surface area contributed by atoms with Gasteiger partial charge in [-0.05, 0) is 29.7 Å². The lowest BCUT2D eigenvalue weighted by atomic mass is 10.0. The molecule has 0 atom stereocenters. The number of aromatic nitrogens is 1. The maximum atomic E-state index is 12.3. The number of nitriles is 1. The van der Waals surface area contributed by atoms with Crippen LogP contribution >= 0.6 is 11.8 Å². The summed E-state index contributed by atoms with van der Waals surface area (Å²) < 4.78 is 6.78. The molecule has 0 saturated carbocycles. The number of thioether (sulfide) groups is 1. The predicted octanol–water partition coefficient (Wildman–Crippen LogP) is 5.66. The van der Waals surface area contributed by atoms with Crippen LogP contribution in [0.5, 0.6) is 0 Å². The molecule has 0 aliphatic heterocycles. The molecule has 0 bridgehead atoms. The van der Waals surface area contributed by atoms with Gasteiger partial charge in [0.2, 0.25) is 0 Å². The van der Waals surface area contributed by atoms with Crippen molar-refractivity contribution < 1.29 is 9.53 Å². The van der Waals surface area contributed by atoms with Gasteiger partial charge in [0, 0.05) is 18.8 Å². The molecule has 2 rings (SSSR count). The molecule has 4 nitrogen and oxygen atoms in total. The van der Waals surface area contributed by atoms with Crippen LogP contribution in [0.3, 0.4) is 0 Å². The van der Waals surface area contributed by atoms with E-state index < -0.39 is 5.97 Å². The molecule has 0 N–H and O–H groups in total. The van der Waals surface area contributed by atoms with E-state index in [-0.39, 0.29) is 0 Å². The number of ether oxygens (including phenoxy) is 1. The smallest absolute Gasteiger partial charge is 0.355 e. The number of rotatable bonds is 6. The summed E-state index contributed by atoms with van der Waals surface area (Å²) in [6.07, 6.45) is 9.61. The number of hydrogen-bond donors (Lipinski definition) is 0. The van der Waals surface area contributed by atoms with Crippen LogP contribution in [0.25, 0.3) is 17.2 Å². The molecule has 0 spiro atoms. The van der Waals surface area contributed by atoms with E-state index in [0.29, 0.717) is 23.4 Å². The third kappa shape index (κ3) is 5.90. The predicted molar refractivity (Wildman–Crippen MR) is 115 cm³/mol. The van der Waals surface area contributed by atoms with Crippen molar-refractivity contribution in [2.24, 2.45) is 7.05 Å². The van der Waals surface area contributed by atoms with Gasteiger partial charge in [0.15, 0.2) is 0 Å². The number of aryl methyl sites for hydroxylation is 1. The number of allylic oxidation sites excluding steroid dienone is 2. The van der Waals surface area contributed by atoms with E-state index in [4.69, 9.17) is 4.74 Å². The Balaban J connectivity index is 0.00000176. The fourth-order valence-corrected chi connectivity index (χ4v) is 2.75. The minimum atomic E-state index is -0.423. The van der Waals surface area contributed by atoms with Gasteiger partial charge in [-0.25, -0.2) is 4.79 Å². The molecular formula is C22H26N2O2S. The van der Waals surface area contributed by atoms with Crippen LogP contribution in [-0.2, 0) is 11.8 Å². The second-order valence-electron chi connectivity index (χ2n) is 5.25. The van der Waals surface area contributed by atoms with Crippen molar-refractivity contribution in [1.82, 2.24) is 4.57 Å². The van der Waals surface area contributed by atoms with Crippen molar-refractivity contribution >= 4 is 23.8 Å².